The lowest BCUT2D eigenvalue weighted by Gasteiger charge is -2.15. The summed E-state index contributed by atoms with van der Waals surface area (Å²) in [6.45, 7) is 0.704. The van der Waals surface area contributed by atoms with Crippen LogP contribution in [0.25, 0.3) is 0 Å². The molecule has 1 saturated carbocycles. The highest BCUT2D eigenvalue weighted by atomic mass is 16.4. The first-order valence-electron chi connectivity index (χ1n) is 5.78. The Labute approximate surface area is 99.5 Å². The highest BCUT2D eigenvalue weighted by molar-refractivity contribution is 5.85. The van der Waals surface area contributed by atoms with Crippen molar-refractivity contribution in [1.82, 2.24) is 4.98 Å². The summed E-state index contributed by atoms with van der Waals surface area (Å²) in [6.07, 6.45) is 4.28. The van der Waals surface area contributed by atoms with Gasteiger partial charge in [-0.15, -0.1) is 0 Å². The average Bonchev–Trinajstić information content (AvgIpc) is 2.73. The molecule has 0 saturated heterocycles. The molecule has 1 aliphatic rings. The number of aromatic nitrogens is 1. The molecule has 1 fully saturated rings. The van der Waals surface area contributed by atoms with Gasteiger partial charge in [0.2, 0.25) is 0 Å². The van der Waals surface area contributed by atoms with E-state index in [1.807, 2.05) is 0 Å². The number of hydrogen-bond acceptors (Lipinski definition) is 4. The topological polar surface area (TPSA) is 82.5 Å². The van der Waals surface area contributed by atoms with Gasteiger partial charge < -0.3 is 15.5 Å². The molecule has 17 heavy (non-hydrogen) atoms. The smallest absolute Gasteiger partial charge is 0.354 e. The van der Waals surface area contributed by atoms with Crippen LogP contribution in [0.3, 0.4) is 0 Å². The molecule has 0 aliphatic heterocycles. The predicted octanol–water partition coefficient (Wildman–Crippen LogP) is 1.35. The van der Waals surface area contributed by atoms with Crippen LogP contribution in [0.4, 0.5) is 5.69 Å². The summed E-state index contributed by atoms with van der Waals surface area (Å²) in [5, 5.41) is 21.5. The van der Waals surface area contributed by atoms with E-state index in [2.05, 4.69) is 10.3 Å². The molecule has 1 heterocycles. The molecule has 1 aliphatic carbocycles. The highest BCUT2D eigenvalue weighted by Crippen LogP contribution is 2.25. The van der Waals surface area contributed by atoms with Crippen LogP contribution in [0.15, 0.2) is 18.3 Å². The molecule has 0 bridgehead atoms. The van der Waals surface area contributed by atoms with Crippen molar-refractivity contribution in [2.24, 2.45) is 5.92 Å². The van der Waals surface area contributed by atoms with E-state index in [-0.39, 0.29) is 17.7 Å². The van der Waals surface area contributed by atoms with Crippen LogP contribution in [0.5, 0.6) is 0 Å². The van der Waals surface area contributed by atoms with Crippen molar-refractivity contribution in [1.29, 1.82) is 0 Å². The van der Waals surface area contributed by atoms with Gasteiger partial charge in [0, 0.05) is 12.5 Å². The molecule has 0 aromatic carbocycles. The Morgan fingerprint density at radius 2 is 2.29 bits per heavy atom. The Bertz CT molecular complexity index is 391. The Morgan fingerprint density at radius 1 is 1.47 bits per heavy atom. The summed E-state index contributed by atoms with van der Waals surface area (Å²) in [7, 11) is 0. The van der Waals surface area contributed by atoms with E-state index >= 15 is 0 Å². The van der Waals surface area contributed by atoms with E-state index in [0.29, 0.717) is 6.54 Å². The number of aromatic carboxylic acids is 1. The minimum atomic E-state index is -1.03. The van der Waals surface area contributed by atoms with Crippen molar-refractivity contribution < 1.29 is 15.0 Å². The third kappa shape index (κ3) is 2.94. The molecule has 2 rings (SSSR count). The number of nitrogens with zero attached hydrogens (tertiary/aromatic N) is 1. The van der Waals surface area contributed by atoms with E-state index < -0.39 is 5.97 Å². The molecule has 92 valence electrons. The second-order valence-electron chi connectivity index (χ2n) is 4.38. The average molecular weight is 236 g/mol. The van der Waals surface area contributed by atoms with Gasteiger partial charge >= 0.3 is 5.97 Å². The number of aliphatic hydroxyl groups is 1. The number of rotatable bonds is 4. The lowest BCUT2D eigenvalue weighted by atomic mass is 10.1. The van der Waals surface area contributed by atoms with Crippen molar-refractivity contribution in [3.8, 4) is 0 Å². The molecule has 0 radical (unpaired) electrons. The third-order valence-corrected chi connectivity index (χ3v) is 3.17. The fourth-order valence-electron chi connectivity index (χ4n) is 2.13. The minimum absolute atomic E-state index is 0.0384. The first kappa shape index (κ1) is 11.9. The van der Waals surface area contributed by atoms with Crippen molar-refractivity contribution >= 4 is 11.7 Å². The maximum absolute atomic E-state index is 10.6. The van der Waals surface area contributed by atoms with Gasteiger partial charge in [-0.2, -0.15) is 0 Å². The lowest BCUT2D eigenvalue weighted by molar-refractivity contribution is 0.0690. The van der Waals surface area contributed by atoms with Crippen LogP contribution in [0.2, 0.25) is 0 Å². The predicted molar refractivity (Wildman–Crippen MR) is 63.0 cm³/mol. The van der Waals surface area contributed by atoms with Gasteiger partial charge in [0.1, 0.15) is 5.69 Å². The first-order chi connectivity index (χ1) is 8.16. The van der Waals surface area contributed by atoms with E-state index in [0.717, 1.165) is 24.9 Å². The summed E-state index contributed by atoms with van der Waals surface area (Å²) < 4.78 is 0. The Balaban J connectivity index is 1.88. The molecule has 5 heteroatoms. The van der Waals surface area contributed by atoms with E-state index in [4.69, 9.17) is 5.11 Å². The molecule has 2 unspecified atom stereocenters. The van der Waals surface area contributed by atoms with Gasteiger partial charge in [-0.25, -0.2) is 9.78 Å². The monoisotopic (exact) mass is 236 g/mol. The summed E-state index contributed by atoms with van der Waals surface area (Å²) in [6, 6.07) is 3.16. The lowest BCUT2D eigenvalue weighted by Crippen LogP contribution is -2.22. The fraction of sp³-hybridized carbons (Fsp3) is 0.500. The van der Waals surface area contributed by atoms with Crippen molar-refractivity contribution in [2.45, 2.75) is 25.4 Å². The normalized spacial score (nSPS) is 23.6. The van der Waals surface area contributed by atoms with Crippen molar-refractivity contribution in [2.75, 3.05) is 11.9 Å². The van der Waals surface area contributed by atoms with Gasteiger partial charge in [0.15, 0.2) is 0 Å². The summed E-state index contributed by atoms with van der Waals surface area (Å²) in [4.78, 5) is 14.4. The summed E-state index contributed by atoms with van der Waals surface area (Å²) >= 11 is 0. The first-order valence-corrected chi connectivity index (χ1v) is 5.78. The van der Waals surface area contributed by atoms with Gasteiger partial charge in [0.05, 0.1) is 18.0 Å². The minimum Gasteiger partial charge on any atom is -0.477 e. The number of carboxylic acids is 1. The summed E-state index contributed by atoms with van der Waals surface area (Å²) in [5.41, 5.74) is 0.825. The van der Waals surface area contributed by atoms with E-state index in [1.165, 1.54) is 12.3 Å². The van der Waals surface area contributed by atoms with Crippen LogP contribution < -0.4 is 5.32 Å². The maximum Gasteiger partial charge on any atom is 0.354 e. The van der Waals surface area contributed by atoms with Crippen LogP contribution >= 0.6 is 0 Å². The molecule has 0 amide bonds. The fourth-order valence-corrected chi connectivity index (χ4v) is 2.13. The number of anilines is 1. The van der Waals surface area contributed by atoms with Crippen molar-refractivity contribution in [3.63, 3.8) is 0 Å². The maximum atomic E-state index is 10.6. The molecule has 5 nitrogen and oxygen atoms in total. The van der Waals surface area contributed by atoms with Gasteiger partial charge in [-0.05, 0) is 25.0 Å². The zero-order chi connectivity index (χ0) is 12.3. The van der Waals surface area contributed by atoms with Crippen LogP contribution in [0.1, 0.15) is 29.8 Å². The van der Waals surface area contributed by atoms with Crippen LogP contribution in [-0.4, -0.2) is 33.8 Å². The Morgan fingerprint density at radius 3 is 2.82 bits per heavy atom. The SMILES string of the molecule is O=C(O)c1ccc(NCC2CCCC2O)cn1. The van der Waals surface area contributed by atoms with Gasteiger partial charge in [-0.1, -0.05) is 6.42 Å². The molecule has 1 aromatic rings. The molecule has 1 aromatic heterocycles. The largest absolute Gasteiger partial charge is 0.477 e. The van der Waals surface area contributed by atoms with Crippen LogP contribution in [-0.2, 0) is 0 Å². The van der Waals surface area contributed by atoms with Crippen LogP contribution in [0, 0.1) is 5.92 Å². The van der Waals surface area contributed by atoms with Gasteiger partial charge in [0.25, 0.3) is 0 Å². The summed E-state index contributed by atoms with van der Waals surface area (Å²) in [5.74, 6) is -0.739. The highest BCUT2D eigenvalue weighted by Gasteiger charge is 2.24. The Kier molecular flexibility index (Phi) is 3.58. The quantitative estimate of drug-likeness (QED) is 0.735. The zero-order valence-electron chi connectivity index (χ0n) is 9.47. The molecular formula is C12H16N2O3. The second-order valence-corrected chi connectivity index (χ2v) is 4.38. The molecule has 3 N–H and O–H groups in total. The molecule has 0 spiro atoms. The molecular weight excluding hydrogens is 220 g/mol. The zero-order valence-corrected chi connectivity index (χ0v) is 9.47. The number of nitrogens with one attached hydrogen (secondary N) is 1. The standard InChI is InChI=1S/C12H16N2O3/c15-11-3-1-2-8(11)6-13-9-4-5-10(12(16)17)14-7-9/h4-5,7-8,11,13,15H,1-3,6H2,(H,16,17). The second kappa shape index (κ2) is 5.14. The number of hydrogen-bond donors (Lipinski definition) is 3. The number of pyridine rings is 1. The van der Waals surface area contributed by atoms with Gasteiger partial charge in [-0.3, -0.25) is 0 Å². The third-order valence-electron chi connectivity index (χ3n) is 3.17. The Hall–Kier alpha value is -1.62. The number of carbonyl (C=O) groups is 1. The molecule has 2 atom stereocenters. The van der Waals surface area contributed by atoms with E-state index in [1.54, 1.807) is 6.07 Å². The van der Waals surface area contributed by atoms with E-state index in [9.17, 15) is 9.90 Å². The number of carboxylic acid groups (broad SMARTS) is 1. The van der Waals surface area contributed by atoms with Crippen molar-refractivity contribution in [3.05, 3.63) is 24.0 Å². The number of aliphatic hydroxyl groups excluding tert-OH is 1.